The van der Waals surface area contributed by atoms with E-state index >= 15 is 0 Å². The summed E-state index contributed by atoms with van der Waals surface area (Å²) in [4.78, 5) is 30.4. The number of rotatable bonds is 3. The van der Waals surface area contributed by atoms with E-state index in [1.807, 2.05) is 20.8 Å². The van der Waals surface area contributed by atoms with Crippen molar-refractivity contribution in [3.8, 4) is 0 Å². The molecule has 0 bridgehead atoms. The summed E-state index contributed by atoms with van der Waals surface area (Å²) in [5, 5.41) is 13.4. The number of hydrogen-bond donors (Lipinski definition) is 3. The number of likely N-dealkylation sites (tertiary alicyclic amines) is 1. The third-order valence-electron chi connectivity index (χ3n) is 5.81. The van der Waals surface area contributed by atoms with Crippen LogP contribution in [0.1, 0.15) is 49.5 Å². The summed E-state index contributed by atoms with van der Waals surface area (Å²) in [6.07, 6.45) is 2.34. The van der Waals surface area contributed by atoms with E-state index < -0.39 is 22.7 Å². The maximum absolute atomic E-state index is 14.0. The van der Waals surface area contributed by atoms with Gasteiger partial charge in [-0.3, -0.25) is 9.89 Å². The molecule has 1 aromatic carbocycles. The number of carbonyl (C=O) groups excluding carboxylic acids is 2. The molecule has 1 aliphatic rings. The quantitative estimate of drug-likeness (QED) is 0.587. The van der Waals surface area contributed by atoms with Gasteiger partial charge in [-0.05, 0) is 39.7 Å². The van der Waals surface area contributed by atoms with E-state index in [1.54, 1.807) is 15.6 Å². The van der Waals surface area contributed by atoms with Gasteiger partial charge in [0.05, 0.1) is 17.7 Å². The first kappa shape index (κ1) is 21.1. The highest BCUT2D eigenvalue weighted by Gasteiger charge is 2.40. The predicted octanol–water partition coefficient (Wildman–Crippen LogP) is 2.31. The molecule has 0 radical (unpaired) electrons. The van der Waals surface area contributed by atoms with Gasteiger partial charge < -0.3 is 20.5 Å². The van der Waals surface area contributed by atoms with Crippen molar-refractivity contribution in [3.63, 3.8) is 0 Å². The van der Waals surface area contributed by atoms with Gasteiger partial charge in [0.15, 0.2) is 5.65 Å². The molecule has 1 aliphatic heterocycles. The lowest BCUT2D eigenvalue weighted by atomic mass is 9.74. The Kier molecular flexibility index (Phi) is 4.92. The van der Waals surface area contributed by atoms with E-state index in [2.05, 4.69) is 10.1 Å². The number of nitrogens with zero attached hydrogens (tertiary/aromatic N) is 3. The van der Waals surface area contributed by atoms with Gasteiger partial charge >= 0.3 is 6.09 Å². The summed E-state index contributed by atoms with van der Waals surface area (Å²) in [5.74, 6) is -1.36. The van der Waals surface area contributed by atoms with Gasteiger partial charge in [-0.2, -0.15) is 0 Å². The predicted molar refractivity (Wildman–Crippen MR) is 111 cm³/mol. The third-order valence-corrected chi connectivity index (χ3v) is 5.81. The van der Waals surface area contributed by atoms with Crippen molar-refractivity contribution in [2.24, 2.45) is 5.73 Å². The second kappa shape index (κ2) is 7.23. The Morgan fingerprint density at radius 3 is 2.58 bits per heavy atom. The number of nitrogens with one attached hydrogen (secondary N) is 1. The fraction of sp³-hybridized carbons (Fsp3) is 0.476. The molecule has 0 atom stereocenters. The molecule has 10 heteroatoms. The third kappa shape index (κ3) is 3.60. The smallest absolute Gasteiger partial charge is 0.410 e. The number of carbonyl (C=O) groups is 2. The van der Waals surface area contributed by atoms with Crippen molar-refractivity contribution in [1.29, 1.82) is 0 Å². The maximum Gasteiger partial charge on any atom is 0.410 e. The summed E-state index contributed by atoms with van der Waals surface area (Å²) >= 11 is 0. The number of ether oxygens (including phenoxy) is 1. The number of aliphatic hydroxyl groups is 1. The fourth-order valence-corrected chi connectivity index (χ4v) is 4.21. The number of imidazole rings is 1. The first-order chi connectivity index (χ1) is 14.5. The number of amides is 2. The summed E-state index contributed by atoms with van der Waals surface area (Å²) in [5.41, 5.74) is 6.14. The molecule has 1 fully saturated rings. The molecule has 3 aromatic rings. The van der Waals surface area contributed by atoms with Crippen molar-refractivity contribution < 1.29 is 23.8 Å². The zero-order valence-corrected chi connectivity index (χ0v) is 17.7. The Morgan fingerprint density at radius 1 is 1.32 bits per heavy atom. The van der Waals surface area contributed by atoms with Crippen LogP contribution in [0.3, 0.4) is 0 Å². The van der Waals surface area contributed by atoms with E-state index in [1.165, 1.54) is 6.07 Å². The van der Waals surface area contributed by atoms with Crippen LogP contribution in [-0.2, 0) is 10.2 Å². The number of primary amides is 1. The number of H-pyrrole nitrogens is 1. The molecule has 0 spiro atoms. The average Bonchev–Trinajstić information content (AvgIpc) is 3.25. The highest BCUT2D eigenvalue weighted by molar-refractivity contribution is 6.05. The van der Waals surface area contributed by atoms with E-state index in [4.69, 9.17) is 10.5 Å². The van der Waals surface area contributed by atoms with Crippen LogP contribution in [0.15, 0.2) is 18.3 Å². The molecule has 31 heavy (non-hydrogen) atoms. The molecule has 0 saturated carbocycles. The second-order valence-corrected chi connectivity index (χ2v) is 9.05. The van der Waals surface area contributed by atoms with Crippen molar-refractivity contribution in [3.05, 3.63) is 35.3 Å². The summed E-state index contributed by atoms with van der Waals surface area (Å²) in [7, 11) is 0. The monoisotopic (exact) mass is 431 g/mol. The van der Waals surface area contributed by atoms with E-state index in [0.29, 0.717) is 42.6 Å². The molecular weight excluding hydrogens is 405 g/mol. The van der Waals surface area contributed by atoms with Crippen LogP contribution >= 0.6 is 0 Å². The highest BCUT2D eigenvalue weighted by atomic mass is 19.1. The maximum atomic E-state index is 14.0. The lowest BCUT2D eigenvalue weighted by molar-refractivity contribution is 0.0124. The number of nitrogens with two attached hydrogens (primary N) is 1. The van der Waals surface area contributed by atoms with E-state index in [0.717, 1.165) is 11.6 Å². The van der Waals surface area contributed by atoms with Crippen LogP contribution in [0.4, 0.5) is 9.18 Å². The van der Waals surface area contributed by atoms with Crippen LogP contribution in [0, 0.1) is 5.82 Å². The minimum atomic E-state index is -0.759. The zero-order chi connectivity index (χ0) is 22.6. The Hall–Kier alpha value is -3.14. The summed E-state index contributed by atoms with van der Waals surface area (Å²) in [6.45, 7) is 6.12. The number of piperidine rings is 1. The summed E-state index contributed by atoms with van der Waals surface area (Å²) < 4.78 is 21.0. The van der Waals surface area contributed by atoms with Crippen LogP contribution in [-0.4, -0.2) is 61.9 Å². The molecule has 0 unspecified atom stereocenters. The molecule has 4 rings (SSSR count). The molecule has 2 amide bonds. The van der Waals surface area contributed by atoms with Gasteiger partial charge in [0.25, 0.3) is 5.91 Å². The Bertz CT molecular complexity index is 1170. The number of aromatic nitrogens is 3. The normalized spacial score (nSPS) is 16.7. The number of halogens is 1. The van der Waals surface area contributed by atoms with Crippen LogP contribution in [0.25, 0.3) is 16.7 Å². The first-order valence-electron chi connectivity index (χ1n) is 10.1. The topological polar surface area (TPSA) is 126 Å². The molecule has 3 heterocycles. The molecule has 9 nitrogen and oxygen atoms in total. The lowest BCUT2D eigenvalue weighted by Crippen LogP contribution is -2.48. The fourth-order valence-electron chi connectivity index (χ4n) is 4.21. The number of aliphatic hydroxyl groups excluding tert-OH is 1. The standard InChI is InChI=1S/C21H26FN5O4/c1-20(2,3)31-19(30)26-6-4-21(11-28,5-7-26)14-10-24-27-16-13(17(23)29)8-12(22)9-15(16)25-18(14)27/h8-10,24,28H,4-7,11H2,1-3H3,(H2,23,29). The van der Waals surface area contributed by atoms with E-state index in [9.17, 15) is 19.1 Å². The average molecular weight is 431 g/mol. The Labute approximate surface area is 177 Å². The highest BCUT2D eigenvalue weighted by Crippen LogP contribution is 2.38. The van der Waals surface area contributed by atoms with Crippen LogP contribution in [0.5, 0.6) is 0 Å². The molecule has 1 saturated heterocycles. The molecule has 4 N–H and O–H groups in total. The molecule has 2 aromatic heterocycles. The van der Waals surface area contributed by atoms with Gasteiger partial charge in [0.1, 0.15) is 16.9 Å². The first-order valence-corrected chi connectivity index (χ1v) is 10.1. The van der Waals surface area contributed by atoms with Gasteiger partial charge in [-0.25, -0.2) is 18.7 Å². The number of hydrogen-bond acceptors (Lipinski definition) is 5. The summed E-state index contributed by atoms with van der Waals surface area (Å²) in [6, 6.07) is 2.32. The number of benzene rings is 1. The van der Waals surface area contributed by atoms with Crippen LogP contribution < -0.4 is 5.73 Å². The van der Waals surface area contributed by atoms with Crippen molar-refractivity contribution >= 4 is 28.7 Å². The van der Waals surface area contributed by atoms with Crippen LogP contribution in [0.2, 0.25) is 0 Å². The number of fused-ring (bicyclic) bond motifs is 3. The largest absolute Gasteiger partial charge is 0.444 e. The zero-order valence-electron chi connectivity index (χ0n) is 17.7. The number of aromatic amines is 1. The minimum Gasteiger partial charge on any atom is -0.444 e. The Balaban J connectivity index is 1.70. The molecule has 0 aliphatic carbocycles. The minimum absolute atomic E-state index is 0.0219. The Morgan fingerprint density at radius 2 is 2.00 bits per heavy atom. The molecular formula is C21H26FN5O4. The second-order valence-electron chi connectivity index (χ2n) is 9.05. The van der Waals surface area contributed by atoms with Crippen molar-refractivity contribution in [2.45, 2.75) is 44.6 Å². The van der Waals surface area contributed by atoms with Gasteiger partial charge in [-0.1, -0.05) is 0 Å². The van der Waals surface area contributed by atoms with Crippen molar-refractivity contribution in [2.75, 3.05) is 19.7 Å². The van der Waals surface area contributed by atoms with Gasteiger partial charge in [0, 0.05) is 36.3 Å². The molecule has 166 valence electrons. The van der Waals surface area contributed by atoms with Crippen molar-refractivity contribution in [1.82, 2.24) is 19.5 Å². The lowest BCUT2D eigenvalue weighted by Gasteiger charge is -2.40. The SMILES string of the molecule is CC(C)(C)OC(=O)N1CCC(CO)(c2c[nH]n3c2nc2cc(F)cc(C(N)=O)c23)CC1. The van der Waals surface area contributed by atoms with Gasteiger partial charge in [-0.15, -0.1) is 0 Å². The van der Waals surface area contributed by atoms with Gasteiger partial charge in [0.2, 0.25) is 0 Å². The van der Waals surface area contributed by atoms with E-state index in [-0.39, 0.29) is 18.3 Å².